The van der Waals surface area contributed by atoms with E-state index >= 15 is 0 Å². The van der Waals surface area contributed by atoms with Crippen molar-refractivity contribution in [1.82, 2.24) is 15.2 Å². The highest BCUT2D eigenvalue weighted by molar-refractivity contribution is 5.95. The van der Waals surface area contributed by atoms with Crippen LogP contribution < -0.4 is 10.9 Å². The lowest BCUT2D eigenvalue weighted by Gasteiger charge is -2.18. The molecular formula is C17H24N4O2. The number of hydrogen-bond donors (Lipinski definition) is 2. The third-order valence-electron chi connectivity index (χ3n) is 4.15. The molecule has 6 heteroatoms. The minimum atomic E-state index is -0.457. The summed E-state index contributed by atoms with van der Waals surface area (Å²) in [4.78, 5) is 28.8. The van der Waals surface area contributed by atoms with Crippen LogP contribution in [0.3, 0.4) is 0 Å². The van der Waals surface area contributed by atoms with Crippen LogP contribution in [0.5, 0.6) is 0 Å². The molecule has 1 aromatic rings. The van der Waals surface area contributed by atoms with Gasteiger partial charge in [-0.1, -0.05) is 13.8 Å². The largest absolute Gasteiger partial charge is 0.352 e. The van der Waals surface area contributed by atoms with E-state index in [0.29, 0.717) is 29.6 Å². The zero-order valence-corrected chi connectivity index (χ0v) is 14.0. The Morgan fingerprint density at radius 3 is 2.96 bits per heavy atom. The van der Waals surface area contributed by atoms with Gasteiger partial charge in [0.05, 0.1) is 5.56 Å². The van der Waals surface area contributed by atoms with Gasteiger partial charge in [0.1, 0.15) is 11.6 Å². The van der Waals surface area contributed by atoms with E-state index in [1.165, 1.54) is 6.07 Å². The SMILES string of the molecule is Cc1[nH]c(=O)c(C#N)cc1C(=O)NC[C@H]1CCN(CC(C)C)C1. The molecular weight excluding hydrogens is 292 g/mol. The molecule has 0 radical (unpaired) electrons. The molecule has 0 aliphatic carbocycles. The minimum absolute atomic E-state index is 0.0373. The van der Waals surface area contributed by atoms with Gasteiger partial charge in [0.15, 0.2) is 0 Å². The number of nitriles is 1. The fourth-order valence-electron chi connectivity index (χ4n) is 3.04. The predicted molar refractivity (Wildman–Crippen MR) is 88.2 cm³/mol. The molecule has 6 nitrogen and oxygen atoms in total. The summed E-state index contributed by atoms with van der Waals surface area (Å²) in [5.41, 5.74) is 0.351. The van der Waals surface area contributed by atoms with Gasteiger partial charge in [0, 0.05) is 25.3 Å². The van der Waals surface area contributed by atoms with E-state index in [4.69, 9.17) is 5.26 Å². The summed E-state index contributed by atoms with van der Waals surface area (Å²) >= 11 is 0. The van der Waals surface area contributed by atoms with Gasteiger partial charge in [-0.25, -0.2) is 0 Å². The number of aromatic nitrogens is 1. The maximum absolute atomic E-state index is 12.3. The van der Waals surface area contributed by atoms with Crippen LogP contribution in [0.15, 0.2) is 10.9 Å². The van der Waals surface area contributed by atoms with E-state index in [1.54, 1.807) is 6.92 Å². The first-order valence-corrected chi connectivity index (χ1v) is 8.05. The number of carbonyl (C=O) groups excluding carboxylic acids is 1. The van der Waals surface area contributed by atoms with Gasteiger partial charge in [0.25, 0.3) is 11.5 Å². The Balaban J connectivity index is 1.94. The van der Waals surface area contributed by atoms with Crippen molar-refractivity contribution in [3.8, 4) is 6.07 Å². The molecule has 1 aliphatic rings. The summed E-state index contributed by atoms with van der Waals surface area (Å²) < 4.78 is 0. The van der Waals surface area contributed by atoms with E-state index in [-0.39, 0.29) is 11.5 Å². The van der Waals surface area contributed by atoms with E-state index in [2.05, 4.69) is 29.0 Å². The first-order valence-electron chi connectivity index (χ1n) is 8.05. The molecule has 124 valence electrons. The summed E-state index contributed by atoms with van der Waals surface area (Å²) in [5.74, 6) is 0.866. The van der Waals surface area contributed by atoms with Crippen molar-refractivity contribution >= 4 is 5.91 Å². The molecule has 2 rings (SSSR count). The van der Waals surface area contributed by atoms with E-state index in [9.17, 15) is 9.59 Å². The molecule has 0 aromatic carbocycles. The first kappa shape index (κ1) is 17.2. The fraction of sp³-hybridized carbons (Fsp3) is 0.588. The van der Waals surface area contributed by atoms with Gasteiger partial charge in [-0.05, 0) is 37.8 Å². The van der Waals surface area contributed by atoms with Crippen molar-refractivity contribution in [2.75, 3.05) is 26.2 Å². The van der Waals surface area contributed by atoms with Gasteiger partial charge in [-0.2, -0.15) is 5.26 Å². The van der Waals surface area contributed by atoms with Crippen molar-refractivity contribution in [2.24, 2.45) is 11.8 Å². The van der Waals surface area contributed by atoms with Gasteiger partial charge in [-0.3, -0.25) is 9.59 Å². The second-order valence-corrected chi connectivity index (χ2v) is 6.68. The van der Waals surface area contributed by atoms with E-state index < -0.39 is 5.56 Å². The lowest BCUT2D eigenvalue weighted by atomic mass is 10.1. The van der Waals surface area contributed by atoms with Crippen LogP contribution in [0.1, 0.15) is 41.9 Å². The first-order chi connectivity index (χ1) is 10.9. The molecule has 23 heavy (non-hydrogen) atoms. The van der Waals surface area contributed by atoms with Gasteiger partial charge in [0.2, 0.25) is 0 Å². The Labute approximate surface area is 136 Å². The number of nitrogens with zero attached hydrogens (tertiary/aromatic N) is 2. The van der Waals surface area contributed by atoms with Crippen LogP contribution in [0.25, 0.3) is 0 Å². The number of pyridine rings is 1. The number of rotatable bonds is 5. The zero-order valence-electron chi connectivity index (χ0n) is 14.0. The summed E-state index contributed by atoms with van der Waals surface area (Å²) in [6.07, 6.45) is 1.08. The zero-order chi connectivity index (χ0) is 17.0. The highest BCUT2D eigenvalue weighted by Gasteiger charge is 2.23. The second kappa shape index (κ2) is 7.42. The summed E-state index contributed by atoms with van der Waals surface area (Å²) in [6.45, 7) is 9.88. The number of aromatic amines is 1. The van der Waals surface area contributed by atoms with Crippen molar-refractivity contribution in [2.45, 2.75) is 27.2 Å². The standard InChI is InChI=1S/C17H24N4O2/c1-11(2)9-21-5-4-13(10-21)8-19-17(23)15-6-14(7-18)16(22)20-12(15)3/h6,11,13H,4-5,8-10H2,1-3H3,(H,19,23)(H,20,22)/t13-/m1/s1. The summed E-state index contributed by atoms with van der Waals surface area (Å²) in [6, 6.07) is 3.17. The van der Waals surface area contributed by atoms with Crippen LogP contribution in [-0.2, 0) is 0 Å². The topological polar surface area (TPSA) is 89.0 Å². The normalized spacial score (nSPS) is 18.1. The molecule has 0 unspecified atom stereocenters. The Bertz CT molecular complexity index is 672. The minimum Gasteiger partial charge on any atom is -0.352 e. The highest BCUT2D eigenvalue weighted by Crippen LogP contribution is 2.17. The van der Waals surface area contributed by atoms with Crippen molar-refractivity contribution < 1.29 is 4.79 Å². The van der Waals surface area contributed by atoms with Crippen LogP contribution in [-0.4, -0.2) is 42.0 Å². The number of aryl methyl sites for hydroxylation is 1. The fourth-order valence-corrected chi connectivity index (χ4v) is 3.04. The number of nitrogens with one attached hydrogen (secondary N) is 2. The molecule has 1 fully saturated rings. The van der Waals surface area contributed by atoms with E-state index in [0.717, 1.165) is 26.1 Å². The molecule has 1 saturated heterocycles. The molecule has 1 aromatic heterocycles. The summed E-state index contributed by atoms with van der Waals surface area (Å²) in [5, 5.41) is 11.8. The average molecular weight is 316 g/mol. The van der Waals surface area contributed by atoms with Crippen LogP contribution in [0.2, 0.25) is 0 Å². The maximum atomic E-state index is 12.3. The number of carbonyl (C=O) groups is 1. The molecule has 0 bridgehead atoms. The molecule has 1 amide bonds. The Morgan fingerprint density at radius 1 is 1.57 bits per heavy atom. The molecule has 1 atom stereocenters. The molecule has 0 saturated carbocycles. The third kappa shape index (κ3) is 4.42. The monoisotopic (exact) mass is 316 g/mol. The quantitative estimate of drug-likeness (QED) is 0.856. The number of H-pyrrole nitrogens is 1. The molecule has 0 spiro atoms. The Hall–Kier alpha value is -2.13. The number of hydrogen-bond acceptors (Lipinski definition) is 4. The number of likely N-dealkylation sites (tertiary alicyclic amines) is 1. The van der Waals surface area contributed by atoms with Gasteiger partial charge >= 0.3 is 0 Å². The van der Waals surface area contributed by atoms with Gasteiger partial charge in [-0.15, -0.1) is 0 Å². The van der Waals surface area contributed by atoms with Gasteiger partial charge < -0.3 is 15.2 Å². The van der Waals surface area contributed by atoms with Crippen LogP contribution in [0.4, 0.5) is 0 Å². The molecule has 2 N–H and O–H groups in total. The molecule has 2 heterocycles. The van der Waals surface area contributed by atoms with Crippen molar-refractivity contribution in [3.63, 3.8) is 0 Å². The average Bonchev–Trinajstić information content (AvgIpc) is 2.91. The van der Waals surface area contributed by atoms with Crippen molar-refractivity contribution in [1.29, 1.82) is 5.26 Å². The lowest BCUT2D eigenvalue weighted by molar-refractivity contribution is 0.0946. The highest BCUT2D eigenvalue weighted by atomic mass is 16.1. The third-order valence-corrected chi connectivity index (χ3v) is 4.15. The van der Waals surface area contributed by atoms with Crippen LogP contribution >= 0.6 is 0 Å². The van der Waals surface area contributed by atoms with Crippen LogP contribution in [0, 0.1) is 30.1 Å². The van der Waals surface area contributed by atoms with Crippen molar-refractivity contribution in [3.05, 3.63) is 33.2 Å². The Kier molecular flexibility index (Phi) is 5.56. The lowest BCUT2D eigenvalue weighted by Crippen LogP contribution is -2.33. The predicted octanol–water partition coefficient (Wildman–Crippen LogP) is 1.26. The maximum Gasteiger partial charge on any atom is 0.266 e. The smallest absolute Gasteiger partial charge is 0.266 e. The summed E-state index contributed by atoms with van der Waals surface area (Å²) in [7, 11) is 0. The molecule has 1 aliphatic heterocycles. The second-order valence-electron chi connectivity index (χ2n) is 6.68. The number of amides is 1. The Morgan fingerprint density at radius 2 is 2.30 bits per heavy atom. The van der Waals surface area contributed by atoms with E-state index in [1.807, 2.05) is 6.07 Å².